The van der Waals surface area contributed by atoms with Gasteiger partial charge in [0.05, 0.1) is 10.6 Å². The van der Waals surface area contributed by atoms with Crippen LogP contribution in [0.15, 0.2) is 83.8 Å². The van der Waals surface area contributed by atoms with Crippen molar-refractivity contribution in [2.75, 3.05) is 10.8 Å². The second-order valence-electron chi connectivity index (χ2n) is 8.95. The van der Waals surface area contributed by atoms with E-state index in [1.54, 1.807) is 67.6 Å². The van der Waals surface area contributed by atoms with E-state index >= 15 is 0 Å². The molecule has 0 aliphatic heterocycles. The van der Waals surface area contributed by atoms with Gasteiger partial charge in [-0.2, -0.15) is 0 Å². The first-order valence-electron chi connectivity index (χ1n) is 12.2. The molecule has 0 radical (unpaired) electrons. The second kappa shape index (κ2) is 13.4. The standard InChI is InChI=1S/C28H31ClIN3O4S/c1-4-20(2)31-28(35)21(3)32(18-22-9-8-10-23(29)17-22)27(34)19-33(25-15-13-24(30)14-16-25)38(36,37)26-11-6-5-7-12-26/h5-17,20-21H,4,18-19H2,1-3H3,(H,31,35)/t20-,21+/m1/s1. The highest BCUT2D eigenvalue weighted by Gasteiger charge is 2.32. The Morgan fingerprint density at radius 2 is 1.63 bits per heavy atom. The fourth-order valence-corrected chi connectivity index (χ4v) is 5.74. The van der Waals surface area contributed by atoms with E-state index in [1.165, 1.54) is 17.0 Å². The Labute approximate surface area is 243 Å². The number of anilines is 1. The lowest BCUT2D eigenvalue weighted by molar-refractivity contribution is -0.139. The van der Waals surface area contributed by atoms with E-state index in [0.29, 0.717) is 10.7 Å². The molecule has 10 heteroatoms. The number of hydrogen-bond donors (Lipinski definition) is 1. The van der Waals surface area contributed by atoms with Crippen LogP contribution in [0.25, 0.3) is 0 Å². The normalized spacial score (nSPS) is 12.9. The van der Waals surface area contributed by atoms with Crippen LogP contribution in [0.4, 0.5) is 5.69 Å². The molecule has 0 unspecified atom stereocenters. The van der Waals surface area contributed by atoms with Crippen LogP contribution < -0.4 is 9.62 Å². The molecule has 0 heterocycles. The van der Waals surface area contributed by atoms with Gasteiger partial charge in [0, 0.05) is 21.2 Å². The van der Waals surface area contributed by atoms with Crippen molar-refractivity contribution in [1.82, 2.24) is 10.2 Å². The third-order valence-corrected chi connectivity index (χ3v) is 8.88. The number of amides is 2. The van der Waals surface area contributed by atoms with Crippen LogP contribution >= 0.6 is 34.2 Å². The largest absolute Gasteiger partial charge is 0.352 e. The molecule has 0 aromatic heterocycles. The number of hydrogen-bond acceptors (Lipinski definition) is 4. The molecule has 0 aliphatic carbocycles. The van der Waals surface area contributed by atoms with Crippen LogP contribution in [0.3, 0.4) is 0 Å². The molecule has 2 atom stereocenters. The molecular formula is C28H31ClIN3O4S. The van der Waals surface area contributed by atoms with Crippen molar-refractivity contribution < 1.29 is 18.0 Å². The zero-order valence-corrected chi connectivity index (χ0v) is 25.2. The molecule has 1 N–H and O–H groups in total. The van der Waals surface area contributed by atoms with Gasteiger partial charge in [-0.25, -0.2) is 8.42 Å². The molecule has 202 valence electrons. The summed E-state index contributed by atoms with van der Waals surface area (Å²) in [4.78, 5) is 28.4. The molecule has 2 amide bonds. The fourth-order valence-electron chi connectivity index (χ4n) is 3.74. The number of halogens is 2. The Morgan fingerprint density at radius 3 is 2.24 bits per heavy atom. The van der Waals surface area contributed by atoms with Crippen LogP contribution in [-0.2, 0) is 26.2 Å². The van der Waals surface area contributed by atoms with Gasteiger partial charge >= 0.3 is 0 Å². The van der Waals surface area contributed by atoms with E-state index < -0.39 is 28.5 Å². The summed E-state index contributed by atoms with van der Waals surface area (Å²) in [5, 5.41) is 3.42. The maximum absolute atomic E-state index is 13.9. The van der Waals surface area contributed by atoms with Crippen LogP contribution in [-0.4, -0.2) is 43.8 Å². The van der Waals surface area contributed by atoms with Crippen molar-refractivity contribution in [3.05, 3.63) is 93.0 Å². The van der Waals surface area contributed by atoms with Gasteiger partial charge in [-0.1, -0.05) is 48.9 Å². The molecule has 3 aromatic carbocycles. The summed E-state index contributed by atoms with van der Waals surface area (Å²) >= 11 is 8.30. The van der Waals surface area contributed by atoms with E-state index in [-0.39, 0.29) is 23.4 Å². The predicted molar refractivity (Wildman–Crippen MR) is 159 cm³/mol. The van der Waals surface area contributed by atoms with Crippen molar-refractivity contribution in [2.24, 2.45) is 0 Å². The van der Waals surface area contributed by atoms with Crippen LogP contribution in [0.1, 0.15) is 32.8 Å². The fraction of sp³-hybridized carbons (Fsp3) is 0.286. The van der Waals surface area contributed by atoms with E-state index in [0.717, 1.165) is 19.9 Å². The van der Waals surface area contributed by atoms with Crippen LogP contribution in [0.5, 0.6) is 0 Å². The van der Waals surface area contributed by atoms with Crippen molar-refractivity contribution in [3.8, 4) is 0 Å². The van der Waals surface area contributed by atoms with Crippen molar-refractivity contribution in [3.63, 3.8) is 0 Å². The monoisotopic (exact) mass is 667 g/mol. The zero-order chi connectivity index (χ0) is 27.9. The van der Waals surface area contributed by atoms with E-state index in [2.05, 4.69) is 27.9 Å². The molecule has 0 spiro atoms. The number of carbonyl (C=O) groups is 2. The first kappa shape index (κ1) is 29.9. The highest BCUT2D eigenvalue weighted by molar-refractivity contribution is 14.1. The van der Waals surface area contributed by atoms with Crippen molar-refractivity contribution in [2.45, 2.75) is 50.7 Å². The lowest BCUT2D eigenvalue weighted by Crippen LogP contribution is -2.52. The smallest absolute Gasteiger partial charge is 0.264 e. The maximum Gasteiger partial charge on any atom is 0.264 e. The Bertz CT molecular complexity index is 1350. The first-order chi connectivity index (χ1) is 18.0. The number of nitrogens with one attached hydrogen (secondary N) is 1. The molecule has 7 nitrogen and oxygen atoms in total. The molecule has 0 bridgehead atoms. The van der Waals surface area contributed by atoms with Gasteiger partial charge in [0.25, 0.3) is 10.0 Å². The average molecular weight is 668 g/mol. The van der Waals surface area contributed by atoms with Gasteiger partial charge in [0.2, 0.25) is 11.8 Å². The summed E-state index contributed by atoms with van der Waals surface area (Å²) in [5.74, 6) is -0.837. The van der Waals surface area contributed by atoms with Crippen LogP contribution in [0.2, 0.25) is 5.02 Å². The summed E-state index contributed by atoms with van der Waals surface area (Å²) in [6.45, 7) is 5.08. The second-order valence-corrected chi connectivity index (χ2v) is 12.5. The van der Waals surface area contributed by atoms with Gasteiger partial charge in [-0.05, 0) is 97.0 Å². The summed E-state index contributed by atoms with van der Waals surface area (Å²) in [5.41, 5.74) is 1.07. The Hall–Kier alpha value is -2.63. The Balaban J connectivity index is 2.01. The quantitative estimate of drug-likeness (QED) is 0.275. The van der Waals surface area contributed by atoms with Gasteiger partial charge in [0.15, 0.2) is 0 Å². The van der Waals surface area contributed by atoms with E-state index in [4.69, 9.17) is 11.6 Å². The Morgan fingerprint density at radius 1 is 0.974 bits per heavy atom. The zero-order valence-electron chi connectivity index (χ0n) is 21.5. The number of sulfonamides is 1. The minimum Gasteiger partial charge on any atom is -0.352 e. The molecule has 0 saturated heterocycles. The highest BCUT2D eigenvalue weighted by atomic mass is 127. The third-order valence-electron chi connectivity index (χ3n) is 6.13. The minimum atomic E-state index is -4.08. The van der Waals surface area contributed by atoms with Crippen LogP contribution in [0, 0.1) is 3.57 Å². The predicted octanol–water partition coefficient (Wildman–Crippen LogP) is 5.47. The molecule has 3 rings (SSSR count). The summed E-state index contributed by atoms with van der Waals surface area (Å²) in [7, 11) is -4.08. The number of carbonyl (C=O) groups excluding carboxylic acids is 2. The molecule has 0 aliphatic rings. The molecular weight excluding hydrogens is 637 g/mol. The topological polar surface area (TPSA) is 86.8 Å². The summed E-state index contributed by atoms with van der Waals surface area (Å²) in [6, 6.07) is 20.9. The van der Waals surface area contributed by atoms with Gasteiger partial charge in [-0.15, -0.1) is 0 Å². The number of benzene rings is 3. The Kier molecular flexibility index (Phi) is 10.6. The van der Waals surface area contributed by atoms with Gasteiger partial charge in [-0.3, -0.25) is 13.9 Å². The van der Waals surface area contributed by atoms with E-state index in [1.807, 2.05) is 19.9 Å². The van der Waals surface area contributed by atoms with Gasteiger partial charge < -0.3 is 10.2 Å². The van der Waals surface area contributed by atoms with E-state index in [9.17, 15) is 18.0 Å². The average Bonchev–Trinajstić information content (AvgIpc) is 2.90. The van der Waals surface area contributed by atoms with Crippen molar-refractivity contribution >= 4 is 61.7 Å². The summed E-state index contributed by atoms with van der Waals surface area (Å²) < 4.78 is 29.5. The molecule has 3 aromatic rings. The molecule has 0 saturated carbocycles. The number of nitrogens with zero attached hydrogens (tertiary/aromatic N) is 2. The first-order valence-corrected chi connectivity index (χ1v) is 15.1. The minimum absolute atomic E-state index is 0.0651. The maximum atomic E-state index is 13.9. The lowest BCUT2D eigenvalue weighted by Gasteiger charge is -2.32. The van der Waals surface area contributed by atoms with Crippen molar-refractivity contribution in [1.29, 1.82) is 0 Å². The van der Waals surface area contributed by atoms with Gasteiger partial charge in [0.1, 0.15) is 12.6 Å². The lowest BCUT2D eigenvalue weighted by atomic mass is 10.1. The molecule has 0 fully saturated rings. The molecule has 38 heavy (non-hydrogen) atoms. The SMILES string of the molecule is CC[C@@H](C)NC(=O)[C@H](C)N(Cc1cccc(Cl)c1)C(=O)CN(c1ccc(I)cc1)S(=O)(=O)c1ccccc1. The number of rotatable bonds is 11. The third kappa shape index (κ3) is 7.70. The highest BCUT2D eigenvalue weighted by Crippen LogP contribution is 2.25. The summed E-state index contributed by atoms with van der Waals surface area (Å²) in [6.07, 6.45) is 0.733.